The maximum absolute atomic E-state index is 12.0. The number of hydrogen-bond acceptors (Lipinski definition) is 9. The van der Waals surface area contributed by atoms with Gasteiger partial charge in [0.05, 0.1) is 9.85 Å². The predicted molar refractivity (Wildman–Crippen MR) is 63.1 cm³/mol. The molecule has 2 rings (SSSR count). The monoisotopic (exact) mass is 298 g/mol. The van der Waals surface area contributed by atoms with E-state index in [2.05, 4.69) is 5.16 Å². The van der Waals surface area contributed by atoms with Crippen molar-refractivity contribution in [1.29, 1.82) is 0 Å². The highest BCUT2D eigenvalue weighted by Gasteiger charge is 2.28. The van der Waals surface area contributed by atoms with E-state index in [4.69, 9.17) is 9.62 Å². The molecule has 12 heteroatoms. The van der Waals surface area contributed by atoms with Crippen LogP contribution in [0.2, 0.25) is 0 Å². The predicted octanol–water partition coefficient (Wildman–Crippen LogP) is 0.247. The molecule has 0 bridgehead atoms. The van der Waals surface area contributed by atoms with Gasteiger partial charge in [0.1, 0.15) is 11.1 Å². The van der Waals surface area contributed by atoms with Crippen LogP contribution in [0.1, 0.15) is 5.69 Å². The maximum Gasteiger partial charge on any atom is 0.351 e. The maximum atomic E-state index is 12.0. The summed E-state index contributed by atoms with van der Waals surface area (Å²) in [5, 5.41) is 41.3. The molecule has 0 saturated carbocycles. The van der Waals surface area contributed by atoms with E-state index < -0.39 is 48.8 Å². The van der Waals surface area contributed by atoms with E-state index in [0.29, 0.717) is 6.26 Å². The highest BCUT2D eigenvalue weighted by atomic mass is 16.6. The summed E-state index contributed by atoms with van der Waals surface area (Å²) in [5.41, 5.74) is -4.22. The molecule has 0 unspecified atom stereocenters. The van der Waals surface area contributed by atoms with Gasteiger partial charge in [-0.25, -0.2) is 0 Å². The summed E-state index contributed by atoms with van der Waals surface area (Å²) in [6.45, 7) is 1.10. The number of aromatic nitrogens is 1. The molecule has 0 amide bonds. The van der Waals surface area contributed by atoms with Crippen LogP contribution in [0.5, 0.6) is 0 Å². The first-order valence-electron chi connectivity index (χ1n) is 5.18. The fourth-order valence-electron chi connectivity index (χ4n) is 1.80. The van der Waals surface area contributed by atoms with E-state index in [1.165, 1.54) is 0 Å². The van der Waals surface area contributed by atoms with Crippen molar-refractivity contribution in [3.63, 3.8) is 0 Å². The summed E-state index contributed by atoms with van der Waals surface area (Å²) in [6, 6.07) is 0. The SMILES string of the molecule is Cc1c([N+](=O)[O-])/c(=N/O)c2c(=O)c([N+](=O)[O-])coc2n1O. The fraction of sp³-hybridized carbons (Fsp3) is 0.111. The normalized spacial score (nSPS) is 11.8. The summed E-state index contributed by atoms with van der Waals surface area (Å²) >= 11 is 0. The van der Waals surface area contributed by atoms with E-state index in [0.717, 1.165) is 6.92 Å². The molecular weight excluding hydrogens is 292 g/mol. The first-order chi connectivity index (χ1) is 9.81. The van der Waals surface area contributed by atoms with Crippen LogP contribution in [0.3, 0.4) is 0 Å². The molecule has 21 heavy (non-hydrogen) atoms. The molecular formula is C9H6N4O8. The van der Waals surface area contributed by atoms with Gasteiger partial charge in [-0.3, -0.25) is 25.0 Å². The molecule has 0 atom stereocenters. The lowest BCUT2D eigenvalue weighted by atomic mass is 10.2. The first kappa shape index (κ1) is 14.0. The van der Waals surface area contributed by atoms with Gasteiger partial charge in [-0.05, 0) is 6.92 Å². The summed E-state index contributed by atoms with van der Waals surface area (Å²) in [4.78, 5) is 31.5. The quantitative estimate of drug-likeness (QED) is 0.343. The Kier molecular flexibility index (Phi) is 3.05. The molecule has 0 aliphatic rings. The van der Waals surface area contributed by atoms with Gasteiger partial charge in [-0.15, -0.1) is 4.73 Å². The average Bonchev–Trinajstić information content (AvgIpc) is 2.41. The van der Waals surface area contributed by atoms with E-state index in [-0.39, 0.29) is 4.73 Å². The molecule has 0 fully saturated rings. The van der Waals surface area contributed by atoms with Crippen LogP contribution in [-0.2, 0) is 0 Å². The molecule has 0 saturated heterocycles. The Balaban J connectivity index is 3.23. The number of nitrogens with zero attached hydrogens (tertiary/aromatic N) is 4. The van der Waals surface area contributed by atoms with E-state index in [9.17, 15) is 30.2 Å². The topological polar surface area (TPSA) is 174 Å². The summed E-state index contributed by atoms with van der Waals surface area (Å²) in [6.07, 6.45) is 0.476. The van der Waals surface area contributed by atoms with Gasteiger partial charge < -0.3 is 14.8 Å². The van der Waals surface area contributed by atoms with Crippen LogP contribution in [0.25, 0.3) is 11.1 Å². The standard InChI is InChI=1S/C9H6N4O8/c1-3-7(13(19)20)6(10-15)5-8(14)4(12(17)18)2-21-9(5)11(3)16/h2,15-16H,1H3/b10-6+. The minimum atomic E-state index is -1.29. The third kappa shape index (κ3) is 1.85. The van der Waals surface area contributed by atoms with Gasteiger partial charge in [-0.1, -0.05) is 5.16 Å². The minimum absolute atomic E-state index is 0.174. The van der Waals surface area contributed by atoms with Gasteiger partial charge >= 0.3 is 11.4 Å². The van der Waals surface area contributed by atoms with Crippen LogP contribution in [-0.4, -0.2) is 25.0 Å². The summed E-state index contributed by atoms with van der Waals surface area (Å²) in [7, 11) is 0. The van der Waals surface area contributed by atoms with Crippen molar-refractivity contribution in [1.82, 2.24) is 4.73 Å². The summed E-state index contributed by atoms with van der Waals surface area (Å²) < 4.78 is 4.93. The molecule has 12 nitrogen and oxygen atoms in total. The van der Waals surface area contributed by atoms with E-state index in [1.54, 1.807) is 0 Å². The van der Waals surface area contributed by atoms with Gasteiger partial charge in [0.15, 0.2) is 11.6 Å². The van der Waals surface area contributed by atoms with Crippen molar-refractivity contribution >= 4 is 22.5 Å². The molecule has 2 aromatic heterocycles. The second-order valence-electron chi connectivity index (χ2n) is 3.84. The lowest BCUT2D eigenvalue weighted by Gasteiger charge is -2.06. The van der Waals surface area contributed by atoms with Crippen LogP contribution >= 0.6 is 0 Å². The zero-order valence-corrected chi connectivity index (χ0v) is 10.2. The third-order valence-electron chi connectivity index (χ3n) is 2.75. The van der Waals surface area contributed by atoms with Gasteiger partial charge in [0.2, 0.25) is 5.71 Å². The fourth-order valence-corrected chi connectivity index (χ4v) is 1.80. The van der Waals surface area contributed by atoms with Crippen molar-refractivity contribution in [3.8, 4) is 0 Å². The number of pyridine rings is 1. The van der Waals surface area contributed by atoms with E-state index >= 15 is 0 Å². The van der Waals surface area contributed by atoms with Crippen molar-refractivity contribution in [2.75, 3.05) is 0 Å². The second-order valence-corrected chi connectivity index (χ2v) is 3.84. The molecule has 0 aliphatic carbocycles. The van der Waals surface area contributed by atoms with Gasteiger partial charge in [-0.2, -0.15) is 0 Å². The van der Waals surface area contributed by atoms with Crippen molar-refractivity contribution in [2.24, 2.45) is 5.16 Å². The van der Waals surface area contributed by atoms with Crippen LogP contribution in [0, 0.1) is 27.2 Å². The lowest BCUT2D eigenvalue weighted by molar-refractivity contribution is -0.388. The van der Waals surface area contributed by atoms with Crippen molar-refractivity contribution < 1.29 is 24.7 Å². The average molecular weight is 298 g/mol. The minimum Gasteiger partial charge on any atom is -0.438 e. The smallest absolute Gasteiger partial charge is 0.351 e. The highest BCUT2D eigenvalue weighted by molar-refractivity contribution is 5.77. The Morgan fingerprint density at radius 3 is 2.43 bits per heavy atom. The zero-order valence-electron chi connectivity index (χ0n) is 10.2. The molecule has 0 aliphatic heterocycles. The van der Waals surface area contributed by atoms with Crippen molar-refractivity contribution in [2.45, 2.75) is 6.92 Å². The van der Waals surface area contributed by atoms with Gasteiger partial charge in [0, 0.05) is 0 Å². The Labute approximate surface area is 113 Å². The van der Waals surface area contributed by atoms with E-state index in [1.807, 2.05) is 0 Å². The lowest BCUT2D eigenvalue weighted by Crippen LogP contribution is -2.24. The molecule has 2 N–H and O–H groups in total. The van der Waals surface area contributed by atoms with Crippen LogP contribution in [0.4, 0.5) is 11.4 Å². The largest absolute Gasteiger partial charge is 0.438 e. The Morgan fingerprint density at radius 2 is 1.95 bits per heavy atom. The second kappa shape index (κ2) is 4.59. The Morgan fingerprint density at radius 1 is 1.33 bits per heavy atom. The van der Waals surface area contributed by atoms with Crippen LogP contribution < -0.4 is 10.8 Å². The molecule has 0 aromatic carbocycles. The zero-order chi connectivity index (χ0) is 15.9. The van der Waals surface area contributed by atoms with Gasteiger partial charge in [0.25, 0.3) is 5.43 Å². The Hall–Kier alpha value is -3.44. The van der Waals surface area contributed by atoms with Crippen molar-refractivity contribution in [3.05, 3.63) is 47.8 Å². The number of fused-ring (bicyclic) bond motifs is 1. The number of rotatable bonds is 2. The molecule has 110 valence electrons. The molecule has 0 radical (unpaired) electrons. The molecule has 2 aromatic rings. The Bertz CT molecular complexity index is 909. The number of hydrogen-bond donors (Lipinski definition) is 2. The van der Waals surface area contributed by atoms with Crippen LogP contribution in [0.15, 0.2) is 20.6 Å². The third-order valence-corrected chi connectivity index (χ3v) is 2.75. The molecule has 0 spiro atoms. The summed E-state index contributed by atoms with van der Waals surface area (Å²) in [5.74, 6) is 0. The first-order valence-corrected chi connectivity index (χ1v) is 5.18. The number of nitro groups is 2. The molecule has 2 heterocycles. The highest BCUT2D eigenvalue weighted by Crippen LogP contribution is 2.19.